The third kappa shape index (κ3) is 5.77. The van der Waals surface area contributed by atoms with Gasteiger partial charge in [-0.05, 0) is 50.8 Å². The summed E-state index contributed by atoms with van der Waals surface area (Å²) in [4.78, 5) is 6.79. The minimum atomic E-state index is 0. The number of halogens is 1. The van der Waals surface area contributed by atoms with Crippen LogP contribution in [0.25, 0.3) is 0 Å². The van der Waals surface area contributed by atoms with E-state index in [1.165, 1.54) is 0 Å². The smallest absolute Gasteiger partial charge is 0.231 e. The number of furan rings is 1. The van der Waals surface area contributed by atoms with Gasteiger partial charge in [0.2, 0.25) is 6.79 Å². The lowest BCUT2D eigenvalue weighted by molar-refractivity contribution is 0.174. The summed E-state index contributed by atoms with van der Waals surface area (Å²) in [7, 11) is 4.07. The van der Waals surface area contributed by atoms with Gasteiger partial charge in [0.15, 0.2) is 17.5 Å². The van der Waals surface area contributed by atoms with Crippen LogP contribution in [0, 0.1) is 0 Å². The van der Waals surface area contributed by atoms with Crippen LogP contribution < -0.4 is 20.1 Å². The molecule has 27 heavy (non-hydrogen) atoms. The van der Waals surface area contributed by atoms with Gasteiger partial charge in [0.1, 0.15) is 5.76 Å². The molecule has 0 saturated carbocycles. The molecule has 7 nitrogen and oxygen atoms in total. The van der Waals surface area contributed by atoms with Crippen molar-refractivity contribution in [3.8, 4) is 11.5 Å². The van der Waals surface area contributed by atoms with Gasteiger partial charge in [-0.2, -0.15) is 0 Å². The molecular weight excluding hydrogens is 459 g/mol. The number of rotatable bonds is 7. The summed E-state index contributed by atoms with van der Waals surface area (Å²) in [5.41, 5.74) is 1.07. The van der Waals surface area contributed by atoms with Gasteiger partial charge in [-0.3, -0.25) is 4.90 Å². The summed E-state index contributed by atoms with van der Waals surface area (Å²) in [5.74, 6) is 3.26. The van der Waals surface area contributed by atoms with E-state index in [1.807, 2.05) is 51.4 Å². The monoisotopic (exact) mass is 486 g/mol. The first-order valence-electron chi connectivity index (χ1n) is 8.78. The Morgan fingerprint density at radius 1 is 1.19 bits per heavy atom. The van der Waals surface area contributed by atoms with E-state index in [9.17, 15) is 0 Å². The first-order valence-corrected chi connectivity index (χ1v) is 8.78. The molecule has 1 atom stereocenters. The van der Waals surface area contributed by atoms with E-state index in [0.29, 0.717) is 13.1 Å². The van der Waals surface area contributed by atoms with Crippen LogP contribution in [0.1, 0.15) is 24.3 Å². The second-order valence-corrected chi connectivity index (χ2v) is 6.26. The zero-order valence-corrected chi connectivity index (χ0v) is 18.2. The van der Waals surface area contributed by atoms with Crippen molar-refractivity contribution in [2.45, 2.75) is 19.5 Å². The van der Waals surface area contributed by atoms with Gasteiger partial charge in [-0.1, -0.05) is 6.07 Å². The molecule has 0 spiro atoms. The van der Waals surface area contributed by atoms with Crippen LogP contribution in [0.5, 0.6) is 11.5 Å². The molecular formula is C19H27IN4O3. The number of hydrogen-bond acceptors (Lipinski definition) is 5. The number of nitrogens with zero attached hydrogens (tertiary/aromatic N) is 2. The van der Waals surface area contributed by atoms with Crippen molar-refractivity contribution in [1.29, 1.82) is 0 Å². The average molecular weight is 486 g/mol. The maximum absolute atomic E-state index is 5.55. The van der Waals surface area contributed by atoms with Crippen LogP contribution in [-0.4, -0.2) is 44.8 Å². The zero-order valence-electron chi connectivity index (χ0n) is 15.9. The molecule has 1 aromatic heterocycles. The van der Waals surface area contributed by atoms with Crippen molar-refractivity contribution in [2.24, 2.45) is 4.99 Å². The van der Waals surface area contributed by atoms with E-state index in [0.717, 1.165) is 35.3 Å². The summed E-state index contributed by atoms with van der Waals surface area (Å²) in [6.07, 6.45) is 1.70. The molecule has 148 valence electrons. The maximum atomic E-state index is 5.55. The predicted octanol–water partition coefficient (Wildman–Crippen LogP) is 2.98. The molecule has 0 fully saturated rings. The Morgan fingerprint density at radius 2 is 2.00 bits per heavy atom. The number of fused-ring (bicyclic) bond motifs is 1. The number of ether oxygens (including phenoxy) is 2. The molecule has 0 saturated heterocycles. The highest BCUT2D eigenvalue weighted by Crippen LogP contribution is 2.32. The molecule has 1 unspecified atom stereocenters. The Labute approximate surface area is 177 Å². The van der Waals surface area contributed by atoms with Gasteiger partial charge >= 0.3 is 0 Å². The highest BCUT2D eigenvalue weighted by molar-refractivity contribution is 14.0. The normalized spacial score (nSPS) is 14.0. The first-order chi connectivity index (χ1) is 12.7. The first kappa shape index (κ1) is 21.4. The summed E-state index contributed by atoms with van der Waals surface area (Å²) in [6, 6.07) is 9.92. The Kier molecular flexibility index (Phi) is 8.23. The second kappa shape index (κ2) is 10.4. The van der Waals surface area contributed by atoms with Crippen molar-refractivity contribution in [3.63, 3.8) is 0 Å². The lowest BCUT2D eigenvalue weighted by Crippen LogP contribution is -2.41. The number of benzene rings is 1. The summed E-state index contributed by atoms with van der Waals surface area (Å²) in [6.45, 7) is 4.37. The molecule has 1 aliphatic heterocycles. The van der Waals surface area contributed by atoms with Crippen molar-refractivity contribution in [3.05, 3.63) is 47.9 Å². The van der Waals surface area contributed by atoms with Gasteiger partial charge in [0.05, 0.1) is 18.8 Å². The third-order valence-electron chi connectivity index (χ3n) is 4.16. The number of hydrogen-bond donors (Lipinski definition) is 2. The van der Waals surface area contributed by atoms with Gasteiger partial charge in [0.25, 0.3) is 0 Å². The van der Waals surface area contributed by atoms with Crippen LogP contribution >= 0.6 is 24.0 Å². The van der Waals surface area contributed by atoms with E-state index >= 15 is 0 Å². The van der Waals surface area contributed by atoms with Crippen molar-refractivity contribution in [1.82, 2.24) is 15.5 Å². The van der Waals surface area contributed by atoms with E-state index in [-0.39, 0.29) is 36.8 Å². The fourth-order valence-corrected chi connectivity index (χ4v) is 2.76. The lowest BCUT2D eigenvalue weighted by atomic mass is 10.2. The molecule has 0 aliphatic carbocycles. The summed E-state index contributed by atoms with van der Waals surface area (Å²) in [5, 5.41) is 6.67. The molecule has 1 aliphatic rings. The zero-order chi connectivity index (χ0) is 18.4. The Bertz CT molecular complexity index is 735. The van der Waals surface area contributed by atoms with Crippen molar-refractivity contribution < 1.29 is 13.9 Å². The standard InChI is InChI=1S/C19H26N4O3.HI/c1-4-20-19(22-12-15(23(2)3)16-6-5-9-24-16)21-11-14-7-8-17-18(10-14)26-13-25-17;/h5-10,15H,4,11-13H2,1-3H3,(H2,20,21,22);1H. The number of likely N-dealkylation sites (N-methyl/N-ethyl adjacent to an activating group) is 1. The average Bonchev–Trinajstić information content (AvgIpc) is 3.30. The Balaban J connectivity index is 0.00000261. The fraction of sp³-hybridized carbons (Fsp3) is 0.421. The van der Waals surface area contributed by atoms with Gasteiger partial charge in [0, 0.05) is 13.1 Å². The van der Waals surface area contributed by atoms with Gasteiger partial charge in [-0.15, -0.1) is 24.0 Å². The SMILES string of the molecule is CCNC(=NCc1ccc2c(c1)OCO2)NCC(c1ccco1)N(C)C.I. The molecule has 3 rings (SSSR count). The molecule has 0 radical (unpaired) electrons. The van der Waals surface area contributed by atoms with Crippen LogP contribution in [-0.2, 0) is 6.54 Å². The Morgan fingerprint density at radius 3 is 2.70 bits per heavy atom. The largest absolute Gasteiger partial charge is 0.468 e. The highest BCUT2D eigenvalue weighted by atomic mass is 127. The predicted molar refractivity (Wildman–Crippen MR) is 116 cm³/mol. The van der Waals surface area contributed by atoms with E-state index in [4.69, 9.17) is 13.9 Å². The van der Waals surface area contributed by atoms with E-state index < -0.39 is 0 Å². The molecule has 2 heterocycles. The summed E-state index contributed by atoms with van der Waals surface area (Å²) < 4.78 is 16.3. The number of nitrogens with one attached hydrogen (secondary N) is 2. The second-order valence-electron chi connectivity index (χ2n) is 6.26. The quantitative estimate of drug-likeness (QED) is 0.357. The molecule has 2 aromatic rings. The molecule has 1 aromatic carbocycles. The van der Waals surface area contributed by atoms with Crippen molar-refractivity contribution in [2.75, 3.05) is 34.0 Å². The molecule has 0 bridgehead atoms. The molecule has 0 amide bonds. The molecule has 8 heteroatoms. The van der Waals surface area contributed by atoms with Crippen molar-refractivity contribution >= 4 is 29.9 Å². The Hall–Kier alpha value is -1.94. The van der Waals surface area contributed by atoms with Crippen LogP contribution in [0.3, 0.4) is 0 Å². The minimum Gasteiger partial charge on any atom is -0.468 e. The maximum Gasteiger partial charge on any atom is 0.231 e. The highest BCUT2D eigenvalue weighted by Gasteiger charge is 2.17. The lowest BCUT2D eigenvalue weighted by Gasteiger charge is -2.23. The van der Waals surface area contributed by atoms with Gasteiger partial charge < -0.3 is 24.5 Å². The van der Waals surface area contributed by atoms with E-state index in [2.05, 4.69) is 20.5 Å². The fourth-order valence-electron chi connectivity index (χ4n) is 2.76. The van der Waals surface area contributed by atoms with Crippen LogP contribution in [0.4, 0.5) is 0 Å². The summed E-state index contributed by atoms with van der Waals surface area (Å²) >= 11 is 0. The topological polar surface area (TPSA) is 71.3 Å². The third-order valence-corrected chi connectivity index (χ3v) is 4.16. The van der Waals surface area contributed by atoms with Crippen LogP contribution in [0.2, 0.25) is 0 Å². The number of aliphatic imine (C=N–C) groups is 1. The van der Waals surface area contributed by atoms with Gasteiger partial charge in [-0.25, -0.2) is 4.99 Å². The molecule has 2 N–H and O–H groups in total. The van der Waals surface area contributed by atoms with Crippen LogP contribution in [0.15, 0.2) is 46.0 Å². The number of guanidine groups is 1. The minimum absolute atomic E-state index is 0. The van der Waals surface area contributed by atoms with E-state index in [1.54, 1.807) is 6.26 Å².